The minimum Gasteiger partial charge on any atom is -0.305 e. The van der Waals surface area contributed by atoms with E-state index in [-0.39, 0.29) is 11.3 Å². The van der Waals surface area contributed by atoms with E-state index in [0.717, 1.165) is 30.5 Å². The molecule has 1 amide bonds. The third kappa shape index (κ3) is 4.79. The quantitative estimate of drug-likeness (QED) is 0.751. The van der Waals surface area contributed by atoms with Gasteiger partial charge in [0.1, 0.15) is 0 Å². The number of benzene rings is 1. The van der Waals surface area contributed by atoms with Crippen LogP contribution in [0.5, 0.6) is 0 Å². The van der Waals surface area contributed by atoms with E-state index < -0.39 is 0 Å². The Labute approximate surface area is 127 Å². The van der Waals surface area contributed by atoms with Gasteiger partial charge in [-0.1, -0.05) is 51.0 Å². The van der Waals surface area contributed by atoms with Crippen molar-refractivity contribution < 1.29 is 4.79 Å². The van der Waals surface area contributed by atoms with Gasteiger partial charge in [-0.3, -0.25) is 4.79 Å². The van der Waals surface area contributed by atoms with E-state index in [1.165, 1.54) is 0 Å². The van der Waals surface area contributed by atoms with Gasteiger partial charge in [-0.2, -0.15) is 0 Å². The standard InChI is InChI=1S/C19H23NO/c1-19(2,3)15-20(17-11-7-8-12-17)18(21)14-13-16-9-5-4-6-10-16/h4-6,9-11H,7-8,12,15H2,1-3H3. The van der Waals surface area contributed by atoms with Gasteiger partial charge in [-0.05, 0) is 36.8 Å². The molecule has 0 saturated carbocycles. The molecular weight excluding hydrogens is 258 g/mol. The molecule has 0 heterocycles. The fourth-order valence-electron chi connectivity index (χ4n) is 2.39. The first-order valence-corrected chi connectivity index (χ1v) is 7.53. The molecule has 1 aliphatic rings. The maximum Gasteiger partial charge on any atom is 0.302 e. The topological polar surface area (TPSA) is 20.3 Å². The summed E-state index contributed by atoms with van der Waals surface area (Å²) in [6.07, 6.45) is 5.35. The summed E-state index contributed by atoms with van der Waals surface area (Å²) in [5, 5.41) is 0. The molecule has 1 aromatic rings. The van der Waals surface area contributed by atoms with Crippen LogP contribution in [0.4, 0.5) is 0 Å². The molecule has 0 bridgehead atoms. The SMILES string of the molecule is CC(C)(C)CN(C(=O)C#Cc1ccccc1)C1=CCCC1. The lowest BCUT2D eigenvalue weighted by Crippen LogP contribution is -2.36. The van der Waals surface area contributed by atoms with Gasteiger partial charge in [0.15, 0.2) is 0 Å². The Morgan fingerprint density at radius 1 is 1.24 bits per heavy atom. The molecule has 110 valence electrons. The summed E-state index contributed by atoms with van der Waals surface area (Å²) in [4.78, 5) is 14.4. The second-order valence-corrected chi connectivity index (χ2v) is 6.66. The van der Waals surface area contributed by atoms with Crippen molar-refractivity contribution in [3.05, 3.63) is 47.7 Å². The molecule has 0 N–H and O–H groups in total. The molecule has 0 aliphatic heterocycles. The van der Waals surface area contributed by atoms with Crippen LogP contribution in [-0.2, 0) is 4.79 Å². The Hall–Kier alpha value is -2.01. The molecule has 2 rings (SSSR count). The van der Waals surface area contributed by atoms with Crippen LogP contribution < -0.4 is 0 Å². The second kappa shape index (κ2) is 6.63. The van der Waals surface area contributed by atoms with Gasteiger partial charge in [0.05, 0.1) is 0 Å². The summed E-state index contributed by atoms with van der Waals surface area (Å²) in [7, 11) is 0. The van der Waals surface area contributed by atoms with E-state index in [1.807, 2.05) is 35.2 Å². The number of allylic oxidation sites excluding steroid dienone is 2. The normalized spacial score (nSPS) is 14.1. The summed E-state index contributed by atoms with van der Waals surface area (Å²) in [5.74, 6) is 5.66. The van der Waals surface area contributed by atoms with Crippen molar-refractivity contribution in [2.75, 3.05) is 6.54 Å². The zero-order valence-corrected chi connectivity index (χ0v) is 13.1. The van der Waals surface area contributed by atoms with Crippen LogP contribution in [0.25, 0.3) is 0 Å². The molecule has 0 radical (unpaired) electrons. The number of carbonyl (C=O) groups is 1. The predicted molar refractivity (Wildman–Crippen MR) is 86.4 cm³/mol. The van der Waals surface area contributed by atoms with Crippen LogP contribution in [0.1, 0.15) is 45.6 Å². The lowest BCUT2D eigenvalue weighted by Gasteiger charge is -2.29. The van der Waals surface area contributed by atoms with Crippen molar-refractivity contribution in [2.24, 2.45) is 5.41 Å². The lowest BCUT2D eigenvalue weighted by molar-refractivity contribution is -0.124. The highest BCUT2D eigenvalue weighted by atomic mass is 16.2. The first kappa shape index (κ1) is 15.4. The number of carbonyl (C=O) groups excluding carboxylic acids is 1. The molecule has 0 aromatic heterocycles. The maximum absolute atomic E-state index is 12.5. The van der Waals surface area contributed by atoms with Gasteiger partial charge in [-0.15, -0.1) is 0 Å². The van der Waals surface area contributed by atoms with Crippen LogP contribution in [-0.4, -0.2) is 17.4 Å². The zero-order valence-electron chi connectivity index (χ0n) is 13.1. The molecule has 1 aliphatic carbocycles. The van der Waals surface area contributed by atoms with E-state index in [1.54, 1.807) is 0 Å². The van der Waals surface area contributed by atoms with E-state index in [2.05, 4.69) is 38.7 Å². The Morgan fingerprint density at radius 2 is 1.95 bits per heavy atom. The molecule has 2 heteroatoms. The summed E-state index contributed by atoms with van der Waals surface area (Å²) < 4.78 is 0. The Balaban J connectivity index is 2.17. The summed E-state index contributed by atoms with van der Waals surface area (Å²) in [6, 6.07) is 9.65. The van der Waals surface area contributed by atoms with Crippen LogP contribution in [0, 0.1) is 17.3 Å². The van der Waals surface area contributed by atoms with E-state index in [4.69, 9.17) is 0 Å². The van der Waals surface area contributed by atoms with E-state index in [9.17, 15) is 4.79 Å². The molecule has 0 unspecified atom stereocenters. The first-order chi connectivity index (χ1) is 9.96. The largest absolute Gasteiger partial charge is 0.305 e. The van der Waals surface area contributed by atoms with Crippen molar-refractivity contribution in [3.8, 4) is 11.8 Å². The van der Waals surface area contributed by atoms with Crippen molar-refractivity contribution in [2.45, 2.75) is 40.0 Å². The highest BCUT2D eigenvalue weighted by molar-refractivity contribution is 5.95. The summed E-state index contributed by atoms with van der Waals surface area (Å²) in [5.41, 5.74) is 2.08. The van der Waals surface area contributed by atoms with E-state index in [0.29, 0.717) is 6.54 Å². The van der Waals surface area contributed by atoms with Crippen molar-refractivity contribution in [3.63, 3.8) is 0 Å². The average molecular weight is 281 g/mol. The second-order valence-electron chi connectivity index (χ2n) is 6.66. The van der Waals surface area contributed by atoms with Crippen molar-refractivity contribution >= 4 is 5.91 Å². The summed E-state index contributed by atoms with van der Waals surface area (Å²) >= 11 is 0. The third-order valence-electron chi connectivity index (χ3n) is 3.33. The van der Waals surface area contributed by atoms with Gasteiger partial charge in [-0.25, -0.2) is 0 Å². The predicted octanol–water partition coefficient (Wildman–Crippen LogP) is 3.98. The monoisotopic (exact) mass is 281 g/mol. The van der Waals surface area contributed by atoms with Gasteiger partial charge < -0.3 is 4.90 Å². The zero-order chi connectivity index (χ0) is 15.3. The molecule has 21 heavy (non-hydrogen) atoms. The van der Waals surface area contributed by atoms with Gasteiger partial charge >= 0.3 is 5.91 Å². The van der Waals surface area contributed by atoms with Gasteiger partial charge in [0.2, 0.25) is 0 Å². The maximum atomic E-state index is 12.5. The molecule has 0 spiro atoms. The molecule has 2 nitrogen and oxygen atoms in total. The van der Waals surface area contributed by atoms with Crippen LogP contribution in [0.15, 0.2) is 42.1 Å². The highest BCUT2D eigenvalue weighted by Crippen LogP contribution is 2.25. The van der Waals surface area contributed by atoms with E-state index >= 15 is 0 Å². The number of rotatable bonds is 2. The first-order valence-electron chi connectivity index (χ1n) is 7.53. The average Bonchev–Trinajstić information content (AvgIpc) is 2.96. The Kier molecular flexibility index (Phi) is 4.85. The third-order valence-corrected chi connectivity index (χ3v) is 3.33. The van der Waals surface area contributed by atoms with Gasteiger partial charge in [0.25, 0.3) is 0 Å². The highest BCUT2D eigenvalue weighted by Gasteiger charge is 2.24. The minimum atomic E-state index is -0.0954. The fourth-order valence-corrected chi connectivity index (χ4v) is 2.39. The van der Waals surface area contributed by atoms with Crippen LogP contribution in [0.2, 0.25) is 0 Å². The lowest BCUT2D eigenvalue weighted by atomic mass is 9.95. The molecule has 1 aromatic carbocycles. The molecule has 0 fully saturated rings. The van der Waals surface area contributed by atoms with Crippen LogP contribution in [0.3, 0.4) is 0 Å². The Morgan fingerprint density at radius 3 is 2.52 bits per heavy atom. The Bertz CT molecular complexity index is 581. The summed E-state index contributed by atoms with van der Waals surface area (Å²) in [6.45, 7) is 7.15. The molecule has 0 atom stereocenters. The van der Waals surface area contributed by atoms with Crippen molar-refractivity contribution in [1.82, 2.24) is 4.90 Å². The smallest absolute Gasteiger partial charge is 0.302 e. The number of nitrogens with zero attached hydrogens (tertiary/aromatic N) is 1. The molecular formula is C19H23NO. The van der Waals surface area contributed by atoms with Crippen LogP contribution >= 0.6 is 0 Å². The molecule has 0 saturated heterocycles. The number of hydrogen-bond acceptors (Lipinski definition) is 1. The minimum absolute atomic E-state index is 0.0630. The van der Waals surface area contributed by atoms with Crippen molar-refractivity contribution in [1.29, 1.82) is 0 Å². The number of hydrogen-bond donors (Lipinski definition) is 0. The van der Waals surface area contributed by atoms with Gasteiger partial charge in [0, 0.05) is 23.7 Å². The fraction of sp³-hybridized carbons (Fsp3) is 0.421. The number of amides is 1.